The molecule has 1 aromatic rings. The zero-order valence-electron chi connectivity index (χ0n) is 10.4. The van der Waals surface area contributed by atoms with Crippen LogP contribution in [0.4, 0.5) is 13.2 Å². The summed E-state index contributed by atoms with van der Waals surface area (Å²) in [6.45, 7) is 1.04. The molecule has 1 saturated heterocycles. The highest BCUT2D eigenvalue weighted by molar-refractivity contribution is 6.18. The molecule has 1 aromatic heterocycles. The minimum Gasteiger partial charge on any atom is -0.377 e. The minimum atomic E-state index is -4.47. The zero-order chi connectivity index (χ0) is 14.8. The van der Waals surface area contributed by atoms with Crippen molar-refractivity contribution < 1.29 is 22.7 Å². The van der Waals surface area contributed by atoms with E-state index in [9.17, 15) is 18.0 Å². The maximum Gasteiger partial charge on any atom is 0.417 e. The first-order valence-corrected chi connectivity index (χ1v) is 6.45. The Kier molecular flexibility index (Phi) is 4.49. The molecule has 2 heterocycles. The Bertz CT molecular complexity index is 479. The average Bonchev–Trinajstić information content (AvgIpc) is 2.45. The summed E-state index contributed by atoms with van der Waals surface area (Å²) in [7, 11) is 0. The third kappa shape index (κ3) is 3.21. The molecule has 0 saturated carbocycles. The highest BCUT2D eigenvalue weighted by atomic mass is 35.5. The van der Waals surface area contributed by atoms with E-state index in [1.165, 1.54) is 4.90 Å². The maximum atomic E-state index is 12.4. The fraction of sp³-hybridized carbons (Fsp3) is 0.500. The maximum absolute atomic E-state index is 12.4. The van der Waals surface area contributed by atoms with Crippen molar-refractivity contribution in [2.75, 3.05) is 25.6 Å². The van der Waals surface area contributed by atoms with Crippen molar-refractivity contribution in [2.45, 2.75) is 12.2 Å². The number of rotatable bonds is 2. The van der Waals surface area contributed by atoms with E-state index < -0.39 is 17.6 Å². The van der Waals surface area contributed by atoms with Crippen LogP contribution in [0.1, 0.15) is 16.1 Å². The van der Waals surface area contributed by atoms with Gasteiger partial charge >= 0.3 is 6.18 Å². The molecule has 0 aromatic carbocycles. The van der Waals surface area contributed by atoms with Gasteiger partial charge in [-0.1, -0.05) is 0 Å². The largest absolute Gasteiger partial charge is 0.417 e. The molecule has 0 N–H and O–H groups in total. The van der Waals surface area contributed by atoms with E-state index in [2.05, 4.69) is 4.98 Å². The Hall–Kier alpha value is -1.34. The van der Waals surface area contributed by atoms with Crippen molar-refractivity contribution in [2.24, 2.45) is 0 Å². The zero-order valence-corrected chi connectivity index (χ0v) is 11.1. The molecule has 8 heteroatoms. The molecule has 1 atom stereocenters. The molecular formula is C12H12ClF3N2O2. The number of hydrogen-bond acceptors (Lipinski definition) is 3. The van der Waals surface area contributed by atoms with Gasteiger partial charge in [-0.25, -0.2) is 0 Å². The Morgan fingerprint density at radius 1 is 1.50 bits per heavy atom. The molecule has 20 heavy (non-hydrogen) atoms. The first-order valence-electron chi connectivity index (χ1n) is 5.91. The van der Waals surface area contributed by atoms with E-state index in [1.807, 2.05) is 0 Å². The summed E-state index contributed by atoms with van der Waals surface area (Å²) in [5, 5.41) is 0. The topological polar surface area (TPSA) is 42.4 Å². The summed E-state index contributed by atoms with van der Waals surface area (Å²) < 4.78 is 42.5. The molecule has 1 amide bonds. The fourth-order valence-corrected chi connectivity index (χ4v) is 2.14. The van der Waals surface area contributed by atoms with Gasteiger partial charge in [0.25, 0.3) is 5.91 Å². The number of aromatic nitrogens is 1. The number of morpholine rings is 1. The SMILES string of the molecule is O=C(c1ccc(C(F)(F)F)cn1)N1CCOCC1CCl. The second-order valence-electron chi connectivity index (χ2n) is 4.31. The lowest BCUT2D eigenvalue weighted by Crippen LogP contribution is -2.49. The Morgan fingerprint density at radius 3 is 2.80 bits per heavy atom. The van der Waals surface area contributed by atoms with Crippen LogP contribution in [-0.4, -0.2) is 47.5 Å². The third-order valence-electron chi connectivity index (χ3n) is 2.98. The lowest BCUT2D eigenvalue weighted by atomic mass is 10.2. The molecule has 0 spiro atoms. The number of nitrogens with zero attached hydrogens (tertiary/aromatic N) is 2. The van der Waals surface area contributed by atoms with Crippen molar-refractivity contribution in [3.63, 3.8) is 0 Å². The van der Waals surface area contributed by atoms with Crippen molar-refractivity contribution in [1.82, 2.24) is 9.88 Å². The van der Waals surface area contributed by atoms with Gasteiger partial charge in [0.1, 0.15) is 5.69 Å². The molecule has 1 fully saturated rings. The molecule has 0 radical (unpaired) electrons. The molecule has 0 bridgehead atoms. The average molecular weight is 309 g/mol. The first-order chi connectivity index (χ1) is 9.43. The van der Waals surface area contributed by atoms with E-state index in [1.54, 1.807) is 0 Å². The molecule has 110 valence electrons. The van der Waals surface area contributed by atoms with Crippen LogP contribution in [0.3, 0.4) is 0 Å². The number of amides is 1. The van der Waals surface area contributed by atoms with Crippen LogP contribution in [0.15, 0.2) is 18.3 Å². The molecule has 1 unspecified atom stereocenters. The normalized spacial score (nSPS) is 20.0. The van der Waals surface area contributed by atoms with Gasteiger partial charge in [0.05, 0.1) is 24.8 Å². The summed E-state index contributed by atoms with van der Waals surface area (Å²) in [6, 6.07) is 1.63. The lowest BCUT2D eigenvalue weighted by molar-refractivity contribution is -0.137. The van der Waals surface area contributed by atoms with Crippen molar-refractivity contribution >= 4 is 17.5 Å². The lowest BCUT2D eigenvalue weighted by Gasteiger charge is -2.34. The van der Waals surface area contributed by atoms with E-state index in [-0.39, 0.29) is 17.6 Å². The van der Waals surface area contributed by atoms with E-state index in [0.29, 0.717) is 26.0 Å². The summed E-state index contributed by atoms with van der Waals surface area (Å²) in [6.07, 6.45) is -3.81. The van der Waals surface area contributed by atoms with Crippen molar-refractivity contribution in [3.05, 3.63) is 29.6 Å². The van der Waals surface area contributed by atoms with E-state index in [0.717, 1.165) is 12.1 Å². The van der Waals surface area contributed by atoms with E-state index >= 15 is 0 Å². The van der Waals surface area contributed by atoms with Gasteiger partial charge in [-0.2, -0.15) is 13.2 Å². The van der Waals surface area contributed by atoms with Crippen molar-refractivity contribution in [1.29, 1.82) is 0 Å². The highest BCUT2D eigenvalue weighted by Crippen LogP contribution is 2.28. The van der Waals surface area contributed by atoms with Crippen LogP contribution in [0.25, 0.3) is 0 Å². The van der Waals surface area contributed by atoms with Gasteiger partial charge in [0.15, 0.2) is 0 Å². The second kappa shape index (κ2) is 5.97. The minimum absolute atomic E-state index is 0.0324. The van der Waals surface area contributed by atoms with Gasteiger partial charge in [-0.15, -0.1) is 11.6 Å². The van der Waals surface area contributed by atoms with Crippen LogP contribution in [-0.2, 0) is 10.9 Å². The standard InChI is InChI=1S/C12H12ClF3N2O2/c13-5-9-7-20-4-3-18(9)11(19)10-2-1-8(6-17-10)12(14,15)16/h1-2,6,9H,3-5,7H2. The molecule has 4 nitrogen and oxygen atoms in total. The molecular weight excluding hydrogens is 297 g/mol. The number of carbonyl (C=O) groups is 1. The van der Waals surface area contributed by atoms with Gasteiger partial charge in [0, 0.05) is 18.6 Å². The number of pyridine rings is 1. The number of hydrogen-bond donors (Lipinski definition) is 0. The number of halogens is 4. The Balaban J connectivity index is 2.16. The Labute approximate surface area is 118 Å². The second-order valence-corrected chi connectivity index (χ2v) is 4.62. The molecule has 2 rings (SSSR count). The number of alkyl halides is 4. The van der Waals surface area contributed by atoms with Crippen molar-refractivity contribution in [3.8, 4) is 0 Å². The van der Waals surface area contributed by atoms with Gasteiger partial charge in [-0.05, 0) is 12.1 Å². The summed E-state index contributed by atoms with van der Waals surface area (Å²) in [5.74, 6) is -0.237. The number of carbonyl (C=O) groups excluding carboxylic acids is 1. The fourth-order valence-electron chi connectivity index (χ4n) is 1.89. The Morgan fingerprint density at radius 2 is 2.25 bits per heavy atom. The summed E-state index contributed by atoms with van der Waals surface area (Å²) in [5.41, 5.74) is -0.917. The van der Waals surface area contributed by atoms with E-state index in [4.69, 9.17) is 16.3 Å². The third-order valence-corrected chi connectivity index (χ3v) is 3.33. The van der Waals surface area contributed by atoms with Crippen LogP contribution in [0.5, 0.6) is 0 Å². The highest BCUT2D eigenvalue weighted by Gasteiger charge is 2.32. The predicted molar refractivity (Wildman–Crippen MR) is 65.6 cm³/mol. The van der Waals surface area contributed by atoms with Gasteiger partial charge in [0.2, 0.25) is 0 Å². The van der Waals surface area contributed by atoms with Gasteiger partial charge < -0.3 is 9.64 Å². The number of ether oxygens (including phenoxy) is 1. The quantitative estimate of drug-likeness (QED) is 0.787. The smallest absolute Gasteiger partial charge is 0.377 e. The van der Waals surface area contributed by atoms with Crippen LogP contribution in [0.2, 0.25) is 0 Å². The van der Waals surface area contributed by atoms with Crippen LogP contribution < -0.4 is 0 Å². The monoisotopic (exact) mass is 308 g/mol. The predicted octanol–water partition coefficient (Wildman–Crippen LogP) is 2.18. The van der Waals surface area contributed by atoms with Crippen LogP contribution in [0, 0.1) is 0 Å². The summed E-state index contributed by atoms with van der Waals surface area (Å²) >= 11 is 5.75. The molecule has 0 aliphatic carbocycles. The first kappa shape index (κ1) is 15.1. The van der Waals surface area contributed by atoms with Crippen LogP contribution >= 0.6 is 11.6 Å². The molecule has 1 aliphatic rings. The van der Waals surface area contributed by atoms with Gasteiger partial charge in [-0.3, -0.25) is 9.78 Å². The summed E-state index contributed by atoms with van der Waals surface area (Å²) in [4.78, 5) is 17.3. The molecule has 1 aliphatic heterocycles.